The van der Waals surface area contributed by atoms with Crippen LogP contribution in [-0.2, 0) is 0 Å². The Hall–Kier alpha value is -8.41. The van der Waals surface area contributed by atoms with Gasteiger partial charge in [-0.05, 0) is 82.9 Å². The van der Waals surface area contributed by atoms with Crippen molar-refractivity contribution in [3.05, 3.63) is 224 Å². The van der Waals surface area contributed by atoms with Crippen LogP contribution in [0.1, 0.15) is 0 Å². The van der Waals surface area contributed by atoms with Gasteiger partial charge in [0.2, 0.25) is 0 Å². The van der Waals surface area contributed by atoms with Gasteiger partial charge in [0.1, 0.15) is 0 Å². The Labute approximate surface area is 358 Å². The highest BCUT2D eigenvalue weighted by molar-refractivity contribution is 6.17. The van der Waals surface area contributed by atoms with E-state index >= 15 is 0 Å². The van der Waals surface area contributed by atoms with Crippen LogP contribution >= 0.6 is 0 Å². The van der Waals surface area contributed by atoms with Crippen molar-refractivity contribution in [2.24, 2.45) is 0 Å². The van der Waals surface area contributed by atoms with Crippen LogP contribution in [0.4, 0.5) is 0 Å². The number of aromatic nitrogens is 5. The summed E-state index contributed by atoms with van der Waals surface area (Å²) in [4.78, 5) is 15.3. The average molecular weight is 792 g/mol. The minimum atomic E-state index is 0.612. The minimum Gasteiger partial charge on any atom is -0.309 e. The van der Waals surface area contributed by atoms with Crippen LogP contribution in [0, 0.1) is 0 Å². The smallest absolute Gasteiger partial charge is 0.164 e. The Kier molecular flexibility index (Phi) is 8.42. The molecule has 0 aliphatic rings. The van der Waals surface area contributed by atoms with Gasteiger partial charge in [-0.2, -0.15) is 0 Å². The summed E-state index contributed by atoms with van der Waals surface area (Å²) in [7, 11) is 0. The van der Waals surface area contributed by atoms with Gasteiger partial charge in [0.05, 0.1) is 22.1 Å². The predicted molar refractivity (Wildman–Crippen MR) is 256 cm³/mol. The molecule has 0 saturated heterocycles. The summed E-state index contributed by atoms with van der Waals surface area (Å²) in [5, 5.41) is 4.86. The maximum Gasteiger partial charge on any atom is 0.164 e. The molecule has 0 N–H and O–H groups in total. The van der Waals surface area contributed by atoms with Gasteiger partial charge in [0, 0.05) is 49.6 Å². The molecule has 5 nitrogen and oxygen atoms in total. The number of hydrogen-bond acceptors (Lipinski definition) is 3. The van der Waals surface area contributed by atoms with Crippen molar-refractivity contribution in [3.8, 4) is 67.8 Å². The number of fused-ring (bicyclic) bond motifs is 6. The van der Waals surface area contributed by atoms with Gasteiger partial charge >= 0.3 is 0 Å². The fraction of sp³-hybridized carbons (Fsp3) is 0. The van der Waals surface area contributed by atoms with Crippen LogP contribution in [0.5, 0.6) is 0 Å². The van der Waals surface area contributed by atoms with Crippen LogP contribution in [-0.4, -0.2) is 24.1 Å². The first-order valence-electron chi connectivity index (χ1n) is 20.9. The zero-order chi connectivity index (χ0) is 41.0. The van der Waals surface area contributed by atoms with E-state index in [0.29, 0.717) is 17.5 Å². The molecule has 0 amide bonds. The Morgan fingerprint density at radius 3 is 1.40 bits per heavy atom. The van der Waals surface area contributed by atoms with Crippen LogP contribution in [0.2, 0.25) is 0 Å². The highest BCUT2D eigenvalue weighted by Crippen LogP contribution is 2.42. The summed E-state index contributed by atoms with van der Waals surface area (Å²) in [5.41, 5.74) is 14.1. The molecule has 62 heavy (non-hydrogen) atoms. The van der Waals surface area contributed by atoms with Crippen molar-refractivity contribution in [1.82, 2.24) is 24.1 Å². The fourth-order valence-corrected chi connectivity index (χ4v) is 9.14. The van der Waals surface area contributed by atoms with Gasteiger partial charge in [-0.1, -0.05) is 164 Å². The molecule has 3 heterocycles. The Bertz CT molecular complexity index is 3550. The van der Waals surface area contributed by atoms with Crippen molar-refractivity contribution in [1.29, 1.82) is 0 Å². The zero-order valence-electron chi connectivity index (χ0n) is 33.6. The summed E-state index contributed by atoms with van der Waals surface area (Å²) in [5.74, 6) is 1.87. The maximum atomic E-state index is 5.17. The molecule has 0 unspecified atom stereocenters. The highest BCUT2D eigenvalue weighted by atomic mass is 15.0. The van der Waals surface area contributed by atoms with Gasteiger partial charge < -0.3 is 9.13 Å². The third-order valence-electron chi connectivity index (χ3n) is 11.9. The Balaban J connectivity index is 1.09. The standard InChI is InChI=1S/C57H37N5/c1-5-18-38(19-6-1)42-34-43(57-59-55(39-20-7-2-8-21-39)58-56(60-57)40-22-9-3-10-23-40)36-45(35-42)62-51-30-16-14-27-48(51)54-46(28-17-31-53(54)62)41-32-33-52-49(37-41)47-26-13-15-29-50(47)61(52)44-24-11-4-12-25-44/h1-37H. The molecular formula is C57H37N5. The van der Waals surface area contributed by atoms with E-state index in [4.69, 9.17) is 15.0 Å². The summed E-state index contributed by atoms with van der Waals surface area (Å²) in [6.07, 6.45) is 0. The Morgan fingerprint density at radius 2 is 0.742 bits per heavy atom. The van der Waals surface area contributed by atoms with Crippen molar-refractivity contribution >= 4 is 43.6 Å². The molecule has 0 fully saturated rings. The molecular weight excluding hydrogens is 755 g/mol. The SMILES string of the molecule is c1ccc(-c2cc(-c3nc(-c4ccccc4)nc(-c4ccccc4)n3)cc(-n3c4ccccc4c4c(-c5ccc6c(c5)c5ccccc5n6-c5ccccc5)cccc43)c2)cc1. The molecule has 290 valence electrons. The maximum absolute atomic E-state index is 5.17. The molecule has 5 heteroatoms. The molecule has 12 aromatic rings. The second-order valence-electron chi connectivity index (χ2n) is 15.6. The predicted octanol–water partition coefficient (Wildman–Crippen LogP) is 14.4. The van der Waals surface area contributed by atoms with Gasteiger partial charge in [0.25, 0.3) is 0 Å². The van der Waals surface area contributed by atoms with Gasteiger partial charge in [-0.15, -0.1) is 0 Å². The van der Waals surface area contributed by atoms with Crippen LogP contribution in [0.25, 0.3) is 111 Å². The normalized spacial score (nSPS) is 11.5. The molecule has 0 aliphatic heterocycles. The number of rotatable bonds is 7. The lowest BCUT2D eigenvalue weighted by Gasteiger charge is -2.14. The van der Waals surface area contributed by atoms with Crippen LogP contribution in [0.3, 0.4) is 0 Å². The topological polar surface area (TPSA) is 48.5 Å². The molecule has 0 atom stereocenters. The van der Waals surface area contributed by atoms with E-state index in [0.717, 1.165) is 50.2 Å². The first-order chi connectivity index (χ1) is 30.7. The van der Waals surface area contributed by atoms with Crippen molar-refractivity contribution in [2.75, 3.05) is 0 Å². The second kappa shape index (κ2) is 14.7. The molecule has 0 bridgehead atoms. The summed E-state index contributed by atoms with van der Waals surface area (Å²) >= 11 is 0. The Morgan fingerprint density at radius 1 is 0.258 bits per heavy atom. The summed E-state index contributed by atoms with van der Waals surface area (Å²) in [6, 6.07) is 79.4. The lowest BCUT2D eigenvalue weighted by molar-refractivity contribution is 1.07. The van der Waals surface area contributed by atoms with Crippen LogP contribution in [0.15, 0.2) is 224 Å². The molecule has 0 radical (unpaired) electrons. The van der Waals surface area contributed by atoms with Gasteiger partial charge in [-0.3, -0.25) is 0 Å². The number of nitrogens with zero attached hydrogens (tertiary/aromatic N) is 5. The molecule has 0 aliphatic carbocycles. The number of para-hydroxylation sites is 3. The minimum absolute atomic E-state index is 0.612. The summed E-state index contributed by atoms with van der Waals surface area (Å²) in [6.45, 7) is 0. The monoisotopic (exact) mass is 791 g/mol. The third-order valence-corrected chi connectivity index (χ3v) is 11.9. The largest absolute Gasteiger partial charge is 0.309 e. The van der Waals surface area contributed by atoms with E-state index in [1.54, 1.807) is 0 Å². The average Bonchev–Trinajstić information content (AvgIpc) is 3.88. The first-order valence-corrected chi connectivity index (χ1v) is 20.9. The van der Waals surface area contributed by atoms with Gasteiger partial charge in [-0.25, -0.2) is 15.0 Å². The zero-order valence-corrected chi connectivity index (χ0v) is 33.6. The third kappa shape index (κ3) is 5.98. The highest BCUT2D eigenvalue weighted by Gasteiger charge is 2.20. The first kappa shape index (κ1) is 35.5. The summed E-state index contributed by atoms with van der Waals surface area (Å²) < 4.78 is 4.78. The molecule has 12 rings (SSSR count). The quantitative estimate of drug-likeness (QED) is 0.162. The van der Waals surface area contributed by atoms with E-state index in [1.165, 1.54) is 43.7 Å². The van der Waals surface area contributed by atoms with E-state index in [9.17, 15) is 0 Å². The number of benzene rings is 9. The molecule has 3 aromatic heterocycles. The lowest BCUT2D eigenvalue weighted by Crippen LogP contribution is -2.01. The second-order valence-corrected chi connectivity index (χ2v) is 15.6. The molecule has 0 saturated carbocycles. The molecule has 0 spiro atoms. The van der Waals surface area contributed by atoms with Crippen molar-refractivity contribution in [2.45, 2.75) is 0 Å². The van der Waals surface area contributed by atoms with Crippen molar-refractivity contribution in [3.63, 3.8) is 0 Å². The fourth-order valence-electron chi connectivity index (χ4n) is 9.14. The number of hydrogen-bond donors (Lipinski definition) is 0. The van der Waals surface area contributed by atoms with Crippen molar-refractivity contribution < 1.29 is 0 Å². The lowest BCUT2D eigenvalue weighted by atomic mass is 9.98. The van der Waals surface area contributed by atoms with E-state index in [2.05, 4.69) is 197 Å². The molecule has 9 aromatic carbocycles. The van der Waals surface area contributed by atoms with E-state index < -0.39 is 0 Å². The van der Waals surface area contributed by atoms with Crippen LogP contribution < -0.4 is 0 Å². The van der Waals surface area contributed by atoms with E-state index in [1.807, 2.05) is 36.4 Å². The van der Waals surface area contributed by atoms with Gasteiger partial charge in [0.15, 0.2) is 17.5 Å². The van der Waals surface area contributed by atoms with E-state index in [-0.39, 0.29) is 0 Å².